The number of alkyl halides is 6. The van der Waals surface area contributed by atoms with E-state index >= 15 is 0 Å². The molecule has 47 heavy (non-hydrogen) atoms. The fraction of sp³-hybridized carbons (Fsp3) is 0.0571. The van der Waals surface area contributed by atoms with Crippen LogP contribution in [0.2, 0.25) is 0 Å². The lowest BCUT2D eigenvalue weighted by molar-refractivity contribution is -0.155. The summed E-state index contributed by atoms with van der Waals surface area (Å²) in [5.74, 6) is -4.70. The van der Waals surface area contributed by atoms with Crippen LogP contribution >= 0.6 is 11.8 Å². The molecule has 3 heterocycles. The highest BCUT2D eigenvalue weighted by molar-refractivity contribution is 7.99. The molecule has 0 aliphatic carbocycles. The topological polar surface area (TPSA) is 55.1 Å². The molecule has 6 aromatic carbocycles. The molecule has 0 amide bonds. The van der Waals surface area contributed by atoms with Gasteiger partial charge in [0.1, 0.15) is 11.2 Å². The first kappa shape index (κ1) is 27.9. The molecular weight excluding hydrogens is 638 g/mol. The number of furan rings is 1. The first-order valence-corrected chi connectivity index (χ1v) is 15.1. The molecule has 0 unspecified atom stereocenters. The van der Waals surface area contributed by atoms with E-state index in [2.05, 4.69) is 45.3 Å². The van der Waals surface area contributed by atoms with Gasteiger partial charge in [0.2, 0.25) is 17.6 Å². The van der Waals surface area contributed by atoms with Crippen molar-refractivity contribution >= 4 is 83.3 Å². The summed E-state index contributed by atoms with van der Waals surface area (Å²) >= 11 is 1.34. The highest BCUT2D eigenvalue weighted by atomic mass is 32.2. The van der Waals surface area contributed by atoms with Gasteiger partial charge in [-0.25, -0.2) is 4.98 Å². The molecule has 0 N–H and O–H groups in total. The zero-order chi connectivity index (χ0) is 32.2. The standard InChI is InChI=1S/C35H16F6N4OS/c36-34(37,38)31-42-32(35(39,40)41)44-33(43-31)45-25-11-5-6-12-29(25)47-30-15-24-23-13-21-19-9-3-1-7-17(19)18-8-2-4-10-20(18)22(21)14-27(23)46-28(24)16-26(30)45/h1-16H. The van der Waals surface area contributed by atoms with E-state index in [-0.39, 0.29) is 5.69 Å². The molecule has 0 saturated carbocycles. The maximum atomic E-state index is 13.8. The largest absolute Gasteiger partial charge is 0.456 e. The highest BCUT2D eigenvalue weighted by Crippen LogP contribution is 2.53. The number of halogens is 6. The van der Waals surface area contributed by atoms with Crippen LogP contribution in [0.1, 0.15) is 11.6 Å². The molecule has 8 aromatic rings. The van der Waals surface area contributed by atoms with Crippen molar-refractivity contribution in [3.8, 4) is 0 Å². The maximum absolute atomic E-state index is 13.8. The predicted molar refractivity (Wildman–Crippen MR) is 168 cm³/mol. The Kier molecular flexibility index (Phi) is 5.69. The lowest BCUT2D eigenvalue weighted by atomic mass is 9.93. The Bertz CT molecular complexity index is 2580. The number of fused-ring (bicyclic) bond motifs is 11. The fourth-order valence-corrected chi connectivity index (χ4v) is 7.43. The van der Waals surface area contributed by atoms with Crippen LogP contribution in [0.3, 0.4) is 0 Å². The minimum atomic E-state index is -5.25. The van der Waals surface area contributed by atoms with E-state index in [1.807, 2.05) is 36.4 Å². The number of rotatable bonds is 1. The molecule has 9 rings (SSSR count). The van der Waals surface area contributed by atoms with Gasteiger partial charge in [-0.3, -0.25) is 4.90 Å². The molecule has 230 valence electrons. The Morgan fingerprint density at radius 3 is 1.62 bits per heavy atom. The average molecular weight is 655 g/mol. The van der Waals surface area contributed by atoms with Crippen LogP contribution in [0.5, 0.6) is 0 Å². The predicted octanol–water partition coefficient (Wildman–Crippen LogP) is 11.2. The Balaban J connectivity index is 1.33. The molecule has 0 saturated heterocycles. The highest BCUT2D eigenvalue weighted by Gasteiger charge is 2.43. The van der Waals surface area contributed by atoms with Gasteiger partial charge in [-0.1, -0.05) is 72.4 Å². The van der Waals surface area contributed by atoms with Crippen molar-refractivity contribution in [2.75, 3.05) is 4.90 Å². The summed E-state index contributed by atoms with van der Waals surface area (Å²) in [5.41, 5.74) is 1.57. The van der Waals surface area contributed by atoms with Crippen LogP contribution in [0, 0.1) is 0 Å². The summed E-state index contributed by atoms with van der Waals surface area (Å²) in [7, 11) is 0. The molecule has 0 radical (unpaired) electrons. The summed E-state index contributed by atoms with van der Waals surface area (Å²) in [6.45, 7) is 0. The molecular formula is C35H16F6N4OS. The van der Waals surface area contributed by atoms with Gasteiger partial charge in [0, 0.05) is 26.6 Å². The molecule has 12 heteroatoms. The Labute approximate surface area is 264 Å². The average Bonchev–Trinajstić information content (AvgIpc) is 3.40. The molecule has 0 spiro atoms. The third-order valence-corrected chi connectivity index (χ3v) is 9.43. The number of anilines is 3. The van der Waals surface area contributed by atoms with E-state index in [0.29, 0.717) is 26.6 Å². The van der Waals surface area contributed by atoms with Crippen LogP contribution in [0.4, 0.5) is 43.7 Å². The van der Waals surface area contributed by atoms with Crippen molar-refractivity contribution in [3.05, 3.63) is 109 Å². The molecule has 2 aromatic heterocycles. The van der Waals surface area contributed by atoms with Gasteiger partial charge in [0.15, 0.2) is 0 Å². The Morgan fingerprint density at radius 1 is 0.489 bits per heavy atom. The van der Waals surface area contributed by atoms with Crippen LogP contribution in [-0.2, 0) is 12.4 Å². The van der Waals surface area contributed by atoms with Gasteiger partial charge in [-0.2, -0.15) is 36.3 Å². The minimum Gasteiger partial charge on any atom is -0.456 e. The summed E-state index contributed by atoms with van der Waals surface area (Å²) < 4.78 is 89.0. The number of hydrogen-bond acceptors (Lipinski definition) is 6. The van der Waals surface area contributed by atoms with Crippen molar-refractivity contribution in [2.24, 2.45) is 0 Å². The first-order valence-electron chi connectivity index (χ1n) is 14.3. The zero-order valence-corrected chi connectivity index (χ0v) is 24.4. The van der Waals surface area contributed by atoms with Crippen LogP contribution in [0.25, 0.3) is 54.3 Å². The van der Waals surface area contributed by atoms with Crippen LogP contribution in [-0.4, -0.2) is 15.0 Å². The van der Waals surface area contributed by atoms with Gasteiger partial charge in [0.25, 0.3) is 0 Å². The van der Waals surface area contributed by atoms with Gasteiger partial charge in [-0.05, 0) is 62.6 Å². The van der Waals surface area contributed by atoms with E-state index in [0.717, 1.165) is 43.1 Å². The van der Waals surface area contributed by atoms with Crippen molar-refractivity contribution in [1.29, 1.82) is 0 Å². The third-order valence-electron chi connectivity index (χ3n) is 8.31. The normalized spacial score (nSPS) is 13.6. The SMILES string of the molecule is FC(F)(F)c1nc(N2c3ccccc3Sc3cc4c(cc32)oc2cc3c5ccccc5c5ccccc5c3cc24)nc(C(F)(F)F)n1. The summed E-state index contributed by atoms with van der Waals surface area (Å²) in [6.07, 6.45) is -10.5. The van der Waals surface area contributed by atoms with E-state index in [1.54, 1.807) is 30.3 Å². The fourth-order valence-electron chi connectivity index (χ4n) is 6.36. The van der Waals surface area contributed by atoms with Crippen molar-refractivity contribution in [1.82, 2.24) is 15.0 Å². The maximum Gasteiger partial charge on any atom is 0.451 e. The van der Waals surface area contributed by atoms with Gasteiger partial charge < -0.3 is 4.42 Å². The van der Waals surface area contributed by atoms with Crippen molar-refractivity contribution < 1.29 is 30.8 Å². The molecule has 5 nitrogen and oxygen atoms in total. The second-order valence-corrected chi connectivity index (χ2v) is 12.2. The van der Waals surface area contributed by atoms with Crippen LogP contribution < -0.4 is 4.90 Å². The van der Waals surface area contributed by atoms with Crippen molar-refractivity contribution in [3.63, 3.8) is 0 Å². The van der Waals surface area contributed by atoms with E-state index in [4.69, 9.17) is 4.42 Å². The molecule has 0 bridgehead atoms. The number of hydrogen-bond donors (Lipinski definition) is 0. The number of aromatic nitrogens is 3. The minimum absolute atomic E-state index is 0.271. The van der Waals surface area contributed by atoms with E-state index in [1.165, 1.54) is 16.7 Å². The molecule has 1 aliphatic heterocycles. The Hall–Kier alpha value is -5.36. The third kappa shape index (κ3) is 4.24. The van der Waals surface area contributed by atoms with Gasteiger partial charge >= 0.3 is 12.4 Å². The first-order chi connectivity index (χ1) is 22.5. The number of benzene rings is 6. The smallest absolute Gasteiger partial charge is 0.451 e. The summed E-state index contributed by atoms with van der Waals surface area (Å²) in [4.78, 5) is 12.1. The second-order valence-electron chi connectivity index (χ2n) is 11.1. The lowest BCUT2D eigenvalue weighted by Gasteiger charge is -2.31. The monoisotopic (exact) mass is 654 g/mol. The lowest BCUT2D eigenvalue weighted by Crippen LogP contribution is -2.24. The van der Waals surface area contributed by atoms with E-state index < -0.39 is 29.9 Å². The summed E-state index contributed by atoms with van der Waals surface area (Å²) in [5, 5.41) is 7.90. The van der Waals surface area contributed by atoms with Crippen molar-refractivity contribution in [2.45, 2.75) is 22.1 Å². The van der Waals surface area contributed by atoms with Gasteiger partial charge in [-0.15, -0.1) is 0 Å². The molecule has 1 aliphatic rings. The number of nitrogens with zero attached hydrogens (tertiary/aromatic N) is 4. The van der Waals surface area contributed by atoms with Crippen LogP contribution in [0.15, 0.2) is 111 Å². The Morgan fingerprint density at radius 2 is 1.00 bits per heavy atom. The quantitative estimate of drug-likeness (QED) is 0.130. The van der Waals surface area contributed by atoms with Gasteiger partial charge in [0.05, 0.1) is 11.4 Å². The number of para-hydroxylation sites is 1. The van der Waals surface area contributed by atoms with E-state index in [9.17, 15) is 26.3 Å². The zero-order valence-electron chi connectivity index (χ0n) is 23.6. The molecule has 0 atom stereocenters. The molecule has 0 fully saturated rings. The second kappa shape index (κ2) is 9.58. The summed E-state index contributed by atoms with van der Waals surface area (Å²) in [6, 6.07) is 30.5.